The number of fused-ring (bicyclic) bond motifs is 1. The minimum atomic E-state index is -0.224. The van der Waals surface area contributed by atoms with Gasteiger partial charge in [0, 0.05) is 12.1 Å². The van der Waals surface area contributed by atoms with Crippen LogP contribution in [0.1, 0.15) is 31.0 Å². The van der Waals surface area contributed by atoms with Crippen molar-refractivity contribution in [2.45, 2.75) is 25.2 Å². The first-order valence-corrected chi connectivity index (χ1v) is 6.36. The second-order valence-corrected chi connectivity index (χ2v) is 4.84. The SMILES string of the molecule is COC(=O)[C@H]1CCCC1c1nn2cccc2c(=O)[nH]1. The molecule has 1 aliphatic rings. The van der Waals surface area contributed by atoms with E-state index in [1.54, 1.807) is 22.8 Å². The lowest BCUT2D eigenvalue weighted by Gasteiger charge is -2.16. The van der Waals surface area contributed by atoms with Crippen molar-refractivity contribution in [2.75, 3.05) is 7.11 Å². The first-order chi connectivity index (χ1) is 9.20. The van der Waals surface area contributed by atoms with Crippen molar-refractivity contribution in [3.05, 3.63) is 34.5 Å². The van der Waals surface area contributed by atoms with Gasteiger partial charge in [-0.3, -0.25) is 9.59 Å². The summed E-state index contributed by atoms with van der Waals surface area (Å²) in [6.07, 6.45) is 4.30. The Hall–Kier alpha value is -2.11. The summed E-state index contributed by atoms with van der Waals surface area (Å²) < 4.78 is 6.38. The molecule has 0 aliphatic heterocycles. The number of carbonyl (C=O) groups excluding carboxylic acids is 1. The second kappa shape index (κ2) is 4.53. The van der Waals surface area contributed by atoms with Crippen molar-refractivity contribution in [1.29, 1.82) is 0 Å². The van der Waals surface area contributed by atoms with Gasteiger partial charge in [-0.2, -0.15) is 5.10 Å². The van der Waals surface area contributed by atoms with Gasteiger partial charge in [0.05, 0.1) is 13.0 Å². The fraction of sp³-hybridized carbons (Fsp3) is 0.462. The topological polar surface area (TPSA) is 76.5 Å². The Labute approximate surface area is 109 Å². The summed E-state index contributed by atoms with van der Waals surface area (Å²) in [7, 11) is 1.39. The second-order valence-electron chi connectivity index (χ2n) is 4.84. The van der Waals surface area contributed by atoms with Crippen molar-refractivity contribution in [3.63, 3.8) is 0 Å². The Morgan fingerprint density at radius 3 is 3.16 bits per heavy atom. The molecule has 0 saturated heterocycles. The molecule has 2 aromatic rings. The highest BCUT2D eigenvalue weighted by atomic mass is 16.5. The van der Waals surface area contributed by atoms with Crippen LogP contribution in [0, 0.1) is 5.92 Å². The van der Waals surface area contributed by atoms with Gasteiger partial charge in [-0.05, 0) is 25.0 Å². The summed E-state index contributed by atoms with van der Waals surface area (Å²) in [6.45, 7) is 0. The molecule has 1 N–H and O–H groups in total. The average molecular weight is 261 g/mol. The van der Waals surface area contributed by atoms with E-state index in [2.05, 4.69) is 10.1 Å². The maximum Gasteiger partial charge on any atom is 0.309 e. The van der Waals surface area contributed by atoms with Crippen LogP contribution in [-0.4, -0.2) is 27.7 Å². The minimum absolute atomic E-state index is 0.0630. The molecule has 19 heavy (non-hydrogen) atoms. The lowest BCUT2D eigenvalue weighted by atomic mass is 9.95. The average Bonchev–Trinajstić information content (AvgIpc) is 3.05. The number of H-pyrrole nitrogens is 1. The maximum absolute atomic E-state index is 11.9. The fourth-order valence-electron chi connectivity index (χ4n) is 2.85. The minimum Gasteiger partial charge on any atom is -0.469 e. The Bertz CT molecular complexity index is 673. The van der Waals surface area contributed by atoms with Crippen LogP contribution in [0.3, 0.4) is 0 Å². The van der Waals surface area contributed by atoms with E-state index in [0.29, 0.717) is 11.3 Å². The van der Waals surface area contributed by atoms with E-state index in [4.69, 9.17) is 4.74 Å². The normalized spacial score (nSPS) is 22.8. The number of rotatable bonds is 2. The quantitative estimate of drug-likeness (QED) is 0.821. The number of ether oxygens (including phenoxy) is 1. The van der Waals surface area contributed by atoms with E-state index in [1.165, 1.54) is 7.11 Å². The summed E-state index contributed by atoms with van der Waals surface area (Å²) in [5.74, 6) is 0.0764. The maximum atomic E-state index is 11.9. The molecule has 2 aromatic heterocycles. The molecule has 0 spiro atoms. The van der Waals surface area contributed by atoms with Gasteiger partial charge in [0.15, 0.2) is 0 Å². The third kappa shape index (κ3) is 1.93. The Morgan fingerprint density at radius 2 is 2.37 bits per heavy atom. The highest BCUT2D eigenvalue weighted by Crippen LogP contribution is 2.38. The first-order valence-electron chi connectivity index (χ1n) is 6.36. The van der Waals surface area contributed by atoms with Gasteiger partial charge in [0.1, 0.15) is 11.3 Å². The standard InChI is InChI=1S/C13H15N3O3/c1-19-13(18)9-5-2-4-8(9)11-14-12(17)10-6-3-7-16(10)15-11/h3,6-9H,2,4-5H2,1H3,(H,14,15,17)/t8?,9-/m0/s1. The van der Waals surface area contributed by atoms with Crippen LogP contribution in [0.2, 0.25) is 0 Å². The molecule has 0 bridgehead atoms. The molecular weight excluding hydrogens is 246 g/mol. The van der Waals surface area contributed by atoms with Crippen LogP contribution in [-0.2, 0) is 9.53 Å². The predicted octanol–water partition coefficient (Wildman–Crippen LogP) is 1.08. The van der Waals surface area contributed by atoms with Gasteiger partial charge >= 0.3 is 5.97 Å². The van der Waals surface area contributed by atoms with E-state index >= 15 is 0 Å². The summed E-state index contributed by atoms with van der Waals surface area (Å²) in [4.78, 5) is 26.5. The van der Waals surface area contributed by atoms with Crippen LogP contribution in [0.25, 0.3) is 5.52 Å². The van der Waals surface area contributed by atoms with E-state index in [-0.39, 0.29) is 23.4 Å². The molecule has 1 saturated carbocycles. The molecule has 1 unspecified atom stereocenters. The zero-order valence-electron chi connectivity index (χ0n) is 10.6. The van der Waals surface area contributed by atoms with Gasteiger partial charge in [-0.1, -0.05) is 6.42 Å². The van der Waals surface area contributed by atoms with Crippen molar-refractivity contribution >= 4 is 11.5 Å². The number of nitrogens with zero attached hydrogens (tertiary/aromatic N) is 2. The van der Waals surface area contributed by atoms with Crippen molar-refractivity contribution in [2.24, 2.45) is 5.92 Å². The molecule has 2 atom stereocenters. The van der Waals surface area contributed by atoms with Gasteiger partial charge in [-0.15, -0.1) is 0 Å². The third-order valence-electron chi connectivity index (χ3n) is 3.79. The molecule has 0 amide bonds. The number of methoxy groups -OCH3 is 1. The van der Waals surface area contributed by atoms with Gasteiger partial charge in [0.2, 0.25) is 0 Å². The Balaban J connectivity index is 2.03. The van der Waals surface area contributed by atoms with Gasteiger partial charge in [0.25, 0.3) is 5.56 Å². The number of hydrogen-bond acceptors (Lipinski definition) is 4. The van der Waals surface area contributed by atoms with E-state index < -0.39 is 0 Å². The number of carbonyl (C=O) groups is 1. The monoisotopic (exact) mass is 261 g/mol. The third-order valence-corrected chi connectivity index (χ3v) is 3.79. The smallest absolute Gasteiger partial charge is 0.309 e. The number of esters is 1. The summed E-state index contributed by atoms with van der Waals surface area (Å²) in [5, 5.41) is 4.40. The molecule has 1 fully saturated rings. The summed E-state index contributed by atoms with van der Waals surface area (Å²) in [6, 6.07) is 3.48. The Morgan fingerprint density at radius 1 is 1.53 bits per heavy atom. The first kappa shape index (κ1) is 12.0. The van der Waals surface area contributed by atoms with E-state index in [0.717, 1.165) is 19.3 Å². The lowest BCUT2D eigenvalue weighted by molar-refractivity contribution is -0.145. The van der Waals surface area contributed by atoms with Crippen LogP contribution in [0.5, 0.6) is 0 Å². The van der Waals surface area contributed by atoms with Crippen molar-refractivity contribution in [1.82, 2.24) is 14.6 Å². The number of aromatic amines is 1. The summed E-state index contributed by atoms with van der Waals surface area (Å²) >= 11 is 0. The molecule has 0 aromatic carbocycles. The van der Waals surface area contributed by atoms with Crippen LogP contribution < -0.4 is 5.56 Å². The zero-order chi connectivity index (χ0) is 13.4. The van der Waals surface area contributed by atoms with Gasteiger partial charge < -0.3 is 9.72 Å². The van der Waals surface area contributed by atoms with Crippen LogP contribution in [0.4, 0.5) is 0 Å². The molecule has 3 rings (SSSR count). The van der Waals surface area contributed by atoms with Crippen molar-refractivity contribution in [3.8, 4) is 0 Å². The Kier molecular flexibility index (Phi) is 2.85. The highest BCUT2D eigenvalue weighted by Gasteiger charge is 2.36. The molecule has 6 heteroatoms. The molecule has 0 radical (unpaired) electrons. The summed E-state index contributed by atoms with van der Waals surface area (Å²) in [5.41, 5.74) is 0.335. The number of hydrogen-bond donors (Lipinski definition) is 1. The van der Waals surface area contributed by atoms with E-state index in [9.17, 15) is 9.59 Å². The fourth-order valence-corrected chi connectivity index (χ4v) is 2.85. The number of nitrogens with one attached hydrogen (secondary N) is 1. The van der Waals surface area contributed by atoms with Crippen LogP contribution in [0.15, 0.2) is 23.1 Å². The van der Waals surface area contributed by atoms with Crippen molar-refractivity contribution < 1.29 is 9.53 Å². The largest absolute Gasteiger partial charge is 0.469 e. The molecule has 1 aliphatic carbocycles. The lowest BCUT2D eigenvalue weighted by Crippen LogP contribution is -2.24. The number of aromatic nitrogens is 3. The van der Waals surface area contributed by atoms with Gasteiger partial charge in [-0.25, -0.2) is 4.52 Å². The van der Waals surface area contributed by atoms with E-state index in [1.807, 2.05) is 0 Å². The predicted molar refractivity (Wildman–Crippen MR) is 67.9 cm³/mol. The van der Waals surface area contributed by atoms with Crippen LogP contribution >= 0.6 is 0 Å². The highest BCUT2D eigenvalue weighted by molar-refractivity contribution is 5.73. The molecular formula is C13H15N3O3. The molecule has 6 nitrogen and oxygen atoms in total. The molecule has 100 valence electrons. The molecule has 2 heterocycles. The zero-order valence-corrected chi connectivity index (χ0v) is 10.6.